The summed E-state index contributed by atoms with van der Waals surface area (Å²) in [5.74, 6) is 1.20. The Bertz CT molecular complexity index is 1200. The number of aromatic amines is 1. The first kappa shape index (κ1) is 18.6. The fraction of sp³-hybridized carbons (Fsp3) is 0.130. The van der Waals surface area contributed by atoms with E-state index in [1.54, 1.807) is 31.6 Å². The van der Waals surface area contributed by atoms with E-state index in [4.69, 9.17) is 9.15 Å². The fourth-order valence-corrected chi connectivity index (χ4v) is 3.30. The number of rotatable bonds is 5. The van der Waals surface area contributed by atoms with Gasteiger partial charge in [0.15, 0.2) is 5.76 Å². The van der Waals surface area contributed by atoms with E-state index in [1.165, 1.54) is 0 Å². The van der Waals surface area contributed by atoms with Gasteiger partial charge in [-0.25, -0.2) is 4.98 Å². The number of ether oxygens (including phenoxy) is 1. The van der Waals surface area contributed by atoms with E-state index in [9.17, 15) is 4.79 Å². The van der Waals surface area contributed by atoms with Crippen molar-refractivity contribution in [3.8, 4) is 28.2 Å². The average molecular weight is 387 g/mol. The van der Waals surface area contributed by atoms with Crippen LogP contribution in [0.5, 0.6) is 5.75 Å². The molecule has 0 saturated heterocycles. The van der Waals surface area contributed by atoms with Crippen molar-refractivity contribution < 1.29 is 9.15 Å². The Morgan fingerprint density at radius 1 is 1.03 bits per heavy atom. The lowest BCUT2D eigenvalue weighted by molar-refractivity contribution is 0.415. The molecule has 0 radical (unpaired) electrons. The van der Waals surface area contributed by atoms with Crippen molar-refractivity contribution in [3.63, 3.8) is 0 Å². The standard InChI is InChI=1S/C23H21N3O3/c1-14-7-15(2)9-18(8-14)26-23-25-13-21(29-23)17-10-16(11-19(12-17)28-3)20-5-4-6-24-22(20)27/h4-13H,1-3H3,(H,24,27)(H,25,26). The Labute approximate surface area is 168 Å². The number of nitrogens with one attached hydrogen (secondary N) is 2. The summed E-state index contributed by atoms with van der Waals surface area (Å²) in [4.78, 5) is 19.2. The molecule has 2 aromatic carbocycles. The molecule has 0 aliphatic heterocycles. The smallest absolute Gasteiger partial charge is 0.299 e. The van der Waals surface area contributed by atoms with Gasteiger partial charge in [-0.15, -0.1) is 0 Å². The quantitative estimate of drug-likeness (QED) is 0.500. The van der Waals surface area contributed by atoms with E-state index in [-0.39, 0.29) is 5.56 Å². The Balaban J connectivity index is 1.69. The number of nitrogens with zero attached hydrogens (tertiary/aromatic N) is 1. The predicted molar refractivity (Wildman–Crippen MR) is 114 cm³/mol. The second kappa shape index (κ2) is 7.67. The molecule has 2 N–H and O–H groups in total. The van der Waals surface area contributed by atoms with Gasteiger partial charge in [0, 0.05) is 23.0 Å². The zero-order valence-corrected chi connectivity index (χ0v) is 16.4. The van der Waals surface area contributed by atoms with Crippen molar-refractivity contribution >= 4 is 11.7 Å². The van der Waals surface area contributed by atoms with Crippen molar-refractivity contribution in [2.45, 2.75) is 13.8 Å². The number of aromatic nitrogens is 2. The summed E-state index contributed by atoms with van der Waals surface area (Å²) in [5.41, 5.74) is 5.12. The van der Waals surface area contributed by atoms with E-state index >= 15 is 0 Å². The molecule has 4 rings (SSSR count). The van der Waals surface area contributed by atoms with Crippen LogP contribution in [0.2, 0.25) is 0 Å². The summed E-state index contributed by atoms with van der Waals surface area (Å²) in [6, 6.07) is 15.7. The molecule has 0 bridgehead atoms. The predicted octanol–water partition coefficient (Wildman–Crippen LogP) is 5.07. The topological polar surface area (TPSA) is 80.2 Å². The molecule has 0 aliphatic carbocycles. The van der Waals surface area contributed by atoms with Gasteiger partial charge in [-0.05, 0) is 73.0 Å². The van der Waals surface area contributed by atoms with Crippen LogP contribution >= 0.6 is 0 Å². The van der Waals surface area contributed by atoms with Gasteiger partial charge >= 0.3 is 0 Å². The summed E-state index contributed by atoms with van der Waals surface area (Å²) in [6.45, 7) is 4.09. The molecule has 0 spiro atoms. The maximum absolute atomic E-state index is 12.2. The molecular formula is C23H21N3O3. The lowest BCUT2D eigenvalue weighted by Crippen LogP contribution is -2.07. The number of benzene rings is 2. The molecule has 146 valence electrons. The normalized spacial score (nSPS) is 10.7. The largest absolute Gasteiger partial charge is 0.497 e. The Morgan fingerprint density at radius 3 is 2.52 bits per heavy atom. The molecule has 4 aromatic rings. The summed E-state index contributed by atoms with van der Waals surface area (Å²) in [6.07, 6.45) is 3.26. The number of hydrogen-bond acceptors (Lipinski definition) is 5. The second-order valence-corrected chi connectivity index (χ2v) is 6.89. The summed E-state index contributed by atoms with van der Waals surface area (Å²) < 4.78 is 11.3. The monoisotopic (exact) mass is 387 g/mol. The first-order chi connectivity index (χ1) is 14.0. The Hall–Kier alpha value is -3.80. The van der Waals surface area contributed by atoms with Gasteiger partial charge in [-0.2, -0.15) is 0 Å². The van der Waals surface area contributed by atoms with Crippen molar-refractivity contribution in [2.24, 2.45) is 0 Å². The minimum atomic E-state index is -0.165. The van der Waals surface area contributed by atoms with Gasteiger partial charge in [0.25, 0.3) is 11.6 Å². The zero-order chi connectivity index (χ0) is 20.4. The number of oxazole rings is 1. The second-order valence-electron chi connectivity index (χ2n) is 6.89. The molecule has 29 heavy (non-hydrogen) atoms. The Morgan fingerprint density at radius 2 is 1.79 bits per heavy atom. The SMILES string of the molecule is COc1cc(-c2cnc(Nc3cc(C)cc(C)c3)o2)cc(-c2ccc[nH]c2=O)c1. The van der Waals surface area contributed by atoms with Gasteiger partial charge < -0.3 is 19.5 Å². The van der Waals surface area contributed by atoms with Crippen LogP contribution in [0.25, 0.3) is 22.5 Å². The zero-order valence-electron chi connectivity index (χ0n) is 16.4. The highest BCUT2D eigenvalue weighted by atomic mass is 16.5. The van der Waals surface area contributed by atoms with Crippen LogP contribution in [0.3, 0.4) is 0 Å². The summed E-state index contributed by atoms with van der Waals surface area (Å²) in [7, 11) is 1.59. The molecule has 0 aliphatic rings. The van der Waals surface area contributed by atoms with E-state index in [0.29, 0.717) is 23.1 Å². The van der Waals surface area contributed by atoms with E-state index < -0.39 is 0 Å². The van der Waals surface area contributed by atoms with Crippen molar-refractivity contribution in [1.82, 2.24) is 9.97 Å². The van der Waals surface area contributed by atoms with E-state index in [2.05, 4.69) is 21.4 Å². The highest BCUT2D eigenvalue weighted by Gasteiger charge is 2.12. The van der Waals surface area contributed by atoms with Gasteiger partial charge in [0.05, 0.1) is 13.3 Å². The van der Waals surface area contributed by atoms with E-state index in [0.717, 1.165) is 27.9 Å². The number of hydrogen-bond donors (Lipinski definition) is 2. The average Bonchev–Trinajstić information content (AvgIpc) is 3.15. The third-order valence-electron chi connectivity index (χ3n) is 4.53. The first-order valence-corrected chi connectivity index (χ1v) is 9.20. The number of methoxy groups -OCH3 is 1. The van der Waals surface area contributed by atoms with Crippen molar-refractivity contribution in [2.75, 3.05) is 12.4 Å². The molecule has 0 amide bonds. The molecule has 6 nitrogen and oxygen atoms in total. The molecule has 6 heteroatoms. The third kappa shape index (κ3) is 4.06. The van der Waals surface area contributed by atoms with Gasteiger partial charge in [0.1, 0.15) is 5.75 Å². The number of pyridine rings is 1. The summed E-state index contributed by atoms with van der Waals surface area (Å²) >= 11 is 0. The van der Waals surface area contributed by atoms with Crippen LogP contribution < -0.4 is 15.6 Å². The number of H-pyrrole nitrogens is 1. The third-order valence-corrected chi connectivity index (χ3v) is 4.53. The molecule has 0 unspecified atom stereocenters. The molecule has 2 aromatic heterocycles. The number of aryl methyl sites for hydroxylation is 2. The first-order valence-electron chi connectivity index (χ1n) is 9.20. The van der Waals surface area contributed by atoms with Crippen LogP contribution in [0.4, 0.5) is 11.7 Å². The van der Waals surface area contributed by atoms with Gasteiger partial charge in [-0.1, -0.05) is 6.07 Å². The van der Waals surface area contributed by atoms with Crippen LogP contribution in [-0.2, 0) is 0 Å². The lowest BCUT2D eigenvalue weighted by atomic mass is 10.0. The number of anilines is 2. The minimum absolute atomic E-state index is 0.165. The lowest BCUT2D eigenvalue weighted by Gasteiger charge is -2.08. The van der Waals surface area contributed by atoms with Crippen LogP contribution in [0, 0.1) is 13.8 Å². The van der Waals surface area contributed by atoms with Crippen LogP contribution in [-0.4, -0.2) is 17.1 Å². The maximum Gasteiger partial charge on any atom is 0.299 e. The molecule has 0 atom stereocenters. The molecule has 0 fully saturated rings. The van der Waals surface area contributed by atoms with Crippen LogP contribution in [0.1, 0.15) is 11.1 Å². The molecular weight excluding hydrogens is 366 g/mol. The van der Waals surface area contributed by atoms with Crippen molar-refractivity contribution in [3.05, 3.63) is 82.4 Å². The van der Waals surface area contributed by atoms with E-state index in [1.807, 2.05) is 44.2 Å². The van der Waals surface area contributed by atoms with Gasteiger partial charge in [0.2, 0.25) is 0 Å². The minimum Gasteiger partial charge on any atom is -0.497 e. The fourth-order valence-electron chi connectivity index (χ4n) is 3.30. The summed E-state index contributed by atoms with van der Waals surface area (Å²) in [5, 5.41) is 3.20. The molecule has 2 heterocycles. The van der Waals surface area contributed by atoms with Crippen molar-refractivity contribution in [1.29, 1.82) is 0 Å². The van der Waals surface area contributed by atoms with Gasteiger partial charge in [-0.3, -0.25) is 4.79 Å². The molecule has 0 saturated carbocycles. The highest BCUT2D eigenvalue weighted by molar-refractivity contribution is 5.73. The van der Waals surface area contributed by atoms with Crippen LogP contribution in [0.15, 0.2) is 70.1 Å². The Kier molecular flexibility index (Phi) is 4.91. The highest BCUT2D eigenvalue weighted by Crippen LogP contribution is 2.32. The maximum atomic E-state index is 12.2.